The fourth-order valence-electron chi connectivity index (χ4n) is 1.82. The van der Waals surface area contributed by atoms with Crippen LogP contribution in [-0.4, -0.2) is 16.8 Å². The molecule has 0 spiro atoms. The van der Waals surface area contributed by atoms with Gasteiger partial charge in [-0.25, -0.2) is 0 Å². The van der Waals surface area contributed by atoms with Crippen LogP contribution in [-0.2, 0) is 17.6 Å². The summed E-state index contributed by atoms with van der Waals surface area (Å²) in [5, 5.41) is 14.6. The summed E-state index contributed by atoms with van der Waals surface area (Å²) in [6.07, 6.45) is 1.37. The fraction of sp³-hybridized carbons (Fsp3) is 0.273. The van der Waals surface area contributed by atoms with Gasteiger partial charge in [0.2, 0.25) is 5.91 Å². The van der Waals surface area contributed by atoms with E-state index in [2.05, 4.69) is 10.5 Å². The molecule has 2 N–H and O–H groups in total. The van der Waals surface area contributed by atoms with E-state index in [0.29, 0.717) is 12.8 Å². The molecule has 0 radical (unpaired) electrons. The molecule has 4 heteroatoms. The van der Waals surface area contributed by atoms with Crippen molar-refractivity contribution in [1.29, 1.82) is 0 Å². The average Bonchev–Trinajstić information content (AvgIpc) is 2.58. The first-order chi connectivity index (χ1) is 7.19. The number of anilines is 1. The monoisotopic (exact) mass is 204 g/mol. The third-order valence-electron chi connectivity index (χ3n) is 2.46. The van der Waals surface area contributed by atoms with Gasteiger partial charge in [-0.1, -0.05) is 11.2 Å². The van der Waals surface area contributed by atoms with Crippen molar-refractivity contribution in [2.24, 2.45) is 5.16 Å². The Balaban J connectivity index is 2.26. The molecule has 0 saturated heterocycles. The number of fused-ring (bicyclic) bond motifs is 1. The number of carbonyl (C=O) groups excluding carboxylic acids is 1. The van der Waals surface area contributed by atoms with Gasteiger partial charge in [-0.15, -0.1) is 0 Å². The number of hydrogen-bond donors (Lipinski definition) is 2. The van der Waals surface area contributed by atoms with Crippen molar-refractivity contribution < 1.29 is 10.0 Å². The van der Waals surface area contributed by atoms with E-state index in [9.17, 15) is 4.79 Å². The summed E-state index contributed by atoms with van der Waals surface area (Å²) >= 11 is 0. The maximum absolute atomic E-state index is 10.9. The van der Waals surface area contributed by atoms with Crippen molar-refractivity contribution in [3.05, 3.63) is 29.3 Å². The van der Waals surface area contributed by atoms with Crippen LogP contribution in [0.1, 0.15) is 18.1 Å². The number of amides is 1. The third-order valence-corrected chi connectivity index (χ3v) is 2.46. The van der Waals surface area contributed by atoms with Crippen molar-refractivity contribution in [3.63, 3.8) is 0 Å². The van der Waals surface area contributed by atoms with Gasteiger partial charge < -0.3 is 10.5 Å². The first-order valence-electron chi connectivity index (χ1n) is 4.78. The van der Waals surface area contributed by atoms with E-state index in [0.717, 1.165) is 22.5 Å². The van der Waals surface area contributed by atoms with E-state index in [4.69, 9.17) is 5.21 Å². The molecule has 0 atom stereocenters. The third kappa shape index (κ3) is 1.98. The lowest BCUT2D eigenvalue weighted by molar-refractivity contribution is -0.114. The molecule has 0 unspecified atom stereocenters. The Hall–Kier alpha value is -1.84. The maximum atomic E-state index is 10.9. The van der Waals surface area contributed by atoms with Gasteiger partial charge in [-0.2, -0.15) is 0 Å². The van der Waals surface area contributed by atoms with Crippen molar-refractivity contribution in [2.75, 3.05) is 5.32 Å². The van der Waals surface area contributed by atoms with Crippen LogP contribution in [0.4, 0.5) is 5.69 Å². The van der Waals surface area contributed by atoms with Crippen LogP contribution in [0.3, 0.4) is 0 Å². The normalized spacial score (nSPS) is 16.5. The topological polar surface area (TPSA) is 61.7 Å². The molecule has 1 aromatic carbocycles. The molecule has 2 rings (SSSR count). The second-order valence-electron chi connectivity index (χ2n) is 3.68. The molecule has 1 amide bonds. The summed E-state index contributed by atoms with van der Waals surface area (Å²) in [6.45, 7) is 1.48. The summed E-state index contributed by atoms with van der Waals surface area (Å²) in [6, 6.07) is 5.74. The Morgan fingerprint density at radius 3 is 2.80 bits per heavy atom. The Bertz CT molecular complexity index is 438. The minimum atomic E-state index is -0.0796. The second-order valence-corrected chi connectivity index (χ2v) is 3.68. The Morgan fingerprint density at radius 2 is 2.13 bits per heavy atom. The summed E-state index contributed by atoms with van der Waals surface area (Å²) in [5.74, 6) is -0.0796. The van der Waals surface area contributed by atoms with Crippen molar-refractivity contribution in [2.45, 2.75) is 19.8 Å². The zero-order chi connectivity index (χ0) is 10.8. The zero-order valence-corrected chi connectivity index (χ0v) is 8.45. The number of hydrogen-bond acceptors (Lipinski definition) is 3. The van der Waals surface area contributed by atoms with Gasteiger partial charge in [0.15, 0.2) is 0 Å². The van der Waals surface area contributed by atoms with Crippen LogP contribution in [0, 0.1) is 0 Å². The van der Waals surface area contributed by atoms with Crippen molar-refractivity contribution in [1.82, 2.24) is 0 Å². The fourth-order valence-corrected chi connectivity index (χ4v) is 1.82. The predicted molar refractivity (Wildman–Crippen MR) is 57.4 cm³/mol. The molecule has 15 heavy (non-hydrogen) atoms. The molecule has 0 aromatic heterocycles. The molecule has 0 saturated carbocycles. The molecular formula is C11H12N2O2. The SMILES string of the molecule is CC(=O)Nc1ccc2c(c1)CC(=NO)C2. The number of nitrogens with one attached hydrogen (secondary N) is 1. The largest absolute Gasteiger partial charge is 0.411 e. The Kier molecular flexibility index (Phi) is 2.41. The number of benzene rings is 1. The maximum Gasteiger partial charge on any atom is 0.221 e. The smallest absolute Gasteiger partial charge is 0.221 e. The van der Waals surface area contributed by atoms with E-state index in [-0.39, 0.29) is 5.91 Å². The number of rotatable bonds is 1. The van der Waals surface area contributed by atoms with Gasteiger partial charge in [0.05, 0.1) is 5.71 Å². The molecule has 0 fully saturated rings. The lowest BCUT2D eigenvalue weighted by atomic mass is 10.1. The van der Waals surface area contributed by atoms with E-state index < -0.39 is 0 Å². The highest BCUT2D eigenvalue weighted by atomic mass is 16.4. The van der Waals surface area contributed by atoms with Gasteiger partial charge in [0, 0.05) is 25.5 Å². The summed E-state index contributed by atoms with van der Waals surface area (Å²) in [7, 11) is 0. The molecule has 0 aliphatic heterocycles. The van der Waals surface area contributed by atoms with Crippen LogP contribution in [0.25, 0.3) is 0 Å². The molecule has 78 valence electrons. The van der Waals surface area contributed by atoms with Gasteiger partial charge >= 0.3 is 0 Å². The molecule has 1 aromatic rings. The van der Waals surface area contributed by atoms with E-state index in [1.807, 2.05) is 18.2 Å². The standard InChI is InChI=1S/C11H12N2O2/c1-7(14)12-10-3-2-8-4-11(13-15)6-9(8)5-10/h2-3,5,15H,4,6H2,1H3,(H,12,14). The minimum absolute atomic E-state index is 0.0796. The predicted octanol–water partition coefficient (Wildman–Crippen LogP) is 1.57. The van der Waals surface area contributed by atoms with Gasteiger partial charge in [0.1, 0.15) is 0 Å². The number of nitrogens with zero attached hydrogens (tertiary/aromatic N) is 1. The first kappa shape index (κ1) is 9.71. The van der Waals surface area contributed by atoms with Crippen LogP contribution < -0.4 is 5.32 Å². The minimum Gasteiger partial charge on any atom is -0.411 e. The van der Waals surface area contributed by atoms with E-state index in [1.54, 1.807) is 0 Å². The zero-order valence-electron chi connectivity index (χ0n) is 8.45. The van der Waals surface area contributed by atoms with E-state index in [1.165, 1.54) is 6.92 Å². The summed E-state index contributed by atoms with van der Waals surface area (Å²) in [4.78, 5) is 10.9. The molecule has 1 aliphatic carbocycles. The average molecular weight is 204 g/mol. The number of carbonyl (C=O) groups is 1. The molecule has 0 bridgehead atoms. The summed E-state index contributed by atoms with van der Waals surface area (Å²) < 4.78 is 0. The molecule has 4 nitrogen and oxygen atoms in total. The van der Waals surface area contributed by atoms with Gasteiger partial charge in [0.25, 0.3) is 0 Å². The number of oxime groups is 1. The van der Waals surface area contributed by atoms with Crippen LogP contribution in [0.15, 0.2) is 23.4 Å². The van der Waals surface area contributed by atoms with Crippen molar-refractivity contribution in [3.8, 4) is 0 Å². The Morgan fingerprint density at radius 1 is 1.40 bits per heavy atom. The lowest BCUT2D eigenvalue weighted by Gasteiger charge is -2.04. The molecular weight excluding hydrogens is 192 g/mol. The van der Waals surface area contributed by atoms with Gasteiger partial charge in [-0.3, -0.25) is 4.79 Å². The quantitative estimate of drug-likeness (QED) is 0.538. The van der Waals surface area contributed by atoms with Crippen LogP contribution >= 0.6 is 0 Å². The second kappa shape index (κ2) is 3.73. The van der Waals surface area contributed by atoms with Gasteiger partial charge in [-0.05, 0) is 23.3 Å². The van der Waals surface area contributed by atoms with Crippen LogP contribution in [0.2, 0.25) is 0 Å². The highest BCUT2D eigenvalue weighted by molar-refractivity contribution is 5.94. The lowest BCUT2D eigenvalue weighted by Crippen LogP contribution is -2.05. The van der Waals surface area contributed by atoms with E-state index >= 15 is 0 Å². The Labute approximate surface area is 87.6 Å². The summed E-state index contributed by atoms with van der Waals surface area (Å²) in [5.41, 5.74) is 3.84. The first-order valence-corrected chi connectivity index (χ1v) is 4.78. The molecule has 1 aliphatic rings. The van der Waals surface area contributed by atoms with Crippen molar-refractivity contribution >= 4 is 17.3 Å². The highest BCUT2D eigenvalue weighted by Gasteiger charge is 2.17. The van der Waals surface area contributed by atoms with Crippen LogP contribution in [0.5, 0.6) is 0 Å². The highest BCUT2D eigenvalue weighted by Crippen LogP contribution is 2.23. The molecule has 0 heterocycles.